The molecule has 0 saturated heterocycles. The Kier molecular flexibility index (Phi) is 3.21. The fraction of sp³-hybridized carbons (Fsp3) is 0. The van der Waals surface area contributed by atoms with E-state index in [0.29, 0.717) is 33.0 Å². The SMILES string of the molecule is Nc1nc(-c2cc(Cl)cc(Cl)c2)cc2nc(-c3ccco3)nn12. The topological polar surface area (TPSA) is 82.2 Å². The highest BCUT2D eigenvalue weighted by atomic mass is 35.5. The van der Waals surface area contributed by atoms with Crippen LogP contribution < -0.4 is 5.73 Å². The van der Waals surface area contributed by atoms with E-state index in [1.807, 2.05) is 0 Å². The summed E-state index contributed by atoms with van der Waals surface area (Å²) < 4.78 is 6.75. The molecule has 0 fully saturated rings. The van der Waals surface area contributed by atoms with E-state index in [9.17, 15) is 0 Å². The summed E-state index contributed by atoms with van der Waals surface area (Å²) in [5.74, 6) is 1.20. The van der Waals surface area contributed by atoms with Gasteiger partial charge in [0.2, 0.25) is 11.8 Å². The lowest BCUT2D eigenvalue weighted by molar-refractivity contribution is 0.577. The molecule has 0 amide bonds. The lowest BCUT2D eigenvalue weighted by Crippen LogP contribution is -2.03. The van der Waals surface area contributed by atoms with Gasteiger partial charge in [0.05, 0.1) is 12.0 Å². The number of anilines is 1. The van der Waals surface area contributed by atoms with Gasteiger partial charge in [0.15, 0.2) is 11.4 Å². The molecule has 2 N–H and O–H groups in total. The second kappa shape index (κ2) is 5.26. The lowest BCUT2D eigenvalue weighted by atomic mass is 10.1. The van der Waals surface area contributed by atoms with Crippen LogP contribution in [0.15, 0.2) is 47.1 Å². The smallest absolute Gasteiger partial charge is 0.223 e. The Morgan fingerprint density at radius 1 is 1.04 bits per heavy atom. The molecule has 8 heteroatoms. The molecular formula is C15H9Cl2N5O. The van der Waals surface area contributed by atoms with E-state index in [4.69, 9.17) is 33.4 Å². The predicted molar refractivity (Wildman–Crippen MR) is 88.4 cm³/mol. The normalized spacial score (nSPS) is 11.2. The van der Waals surface area contributed by atoms with Gasteiger partial charge in [-0.05, 0) is 30.3 Å². The second-order valence-corrected chi connectivity index (χ2v) is 5.71. The number of aromatic nitrogens is 4. The zero-order valence-corrected chi connectivity index (χ0v) is 13.1. The van der Waals surface area contributed by atoms with Crippen LogP contribution in [0.1, 0.15) is 0 Å². The van der Waals surface area contributed by atoms with Crippen molar-refractivity contribution in [1.82, 2.24) is 19.6 Å². The van der Waals surface area contributed by atoms with E-state index in [2.05, 4.69) is 15.1 Å². The minimum Gasteiger partial charge on any atom is -0.461 e. The maximum Gasteiger partial charge on any atom is 0.223 e. The Balaban J connectivity index is 1.89. The van der Waals surface area contributed by atoms with Crippen LogP contribution in [0.2, 0.25) is 10.0 Å². The molecule has 23 heavy (non-hydrogen) atoms. The van der Waals surface area contributed by atoms with E-state index in [1.165, 1.54) is 4.52 Å². The van der Waals surface area contributed by atoms with Crippen LogP contribution in [0.4, 0.5) is 5.95 Å². The van der Waals surface area contributed by atoms with E-state index >= 15 is 0 Å². The maximum atomic E-state index is 6.04. The minimum atomic E-state index is 0.207. The summed E-state index contributed by atoms with van der Waals surface area (Å²) in [4.78, 5) is 8.76. The van der Waals surface area contributed by atoms with Crippen LogP contribution in [-0.4, -0.2) is 19.6 Å². The van der Waals surface area contributed by atoms with Gasteiger partial charge in [-0.1, -0.05) is 23.2 Å². The van der Waals surface area contributed by atoms with Gasteiger partial charge in [-0.15, -0.1) is 5.10 Å². The summed E-state index contributed by atoms with van der Waals surface area (Å²) in [6, 6.07) is 10.5. The third kappa shape index (κ3) is 2.52. The maximum absolute atomic E-state index is 6.04. The van der Waals surface area contributed by atoms with Crippen molar-refractivity contribution in [2.24, 2.45) is 0 Å². The van der Waals surface area contributed by atoms with Crippen molar-refractivity contribution < 1.29 is 4.42 Å². The van der Waals surface area contributed by atoms with E-state index < -0.39 is 0 Å². The molecule has 4 rings (SSSR count). The molecule has 0 aliphatic rings. The molecule has 3 aromatic heterocycles. The van der Waals surface area contributed by atoms with Crippen molar-refractivity contribution >= 4 is 34.8 Å². The Morgan fingerprint density at radius 3 is 2.52 bits per heavy atom. The first kappa shape index (κ1) is 14.0. The molecule has 0 spiro atoms. The molecule has 0 saturated carbocycles. The Morgan fingerprint density at radius 2 is 1.83 bits per heavy atom. The summed E-state index contributed by atoms with van der Waals surface area (Å²) >= 11 is 12.1. The molecule has 0 aliphatic heterocycles. The Labute approximate surface area is 140 Å². The number of hydrogen-bond acceptors (Lipinski definition) is 5. The summed E-state index contributed by atoms with van der Waals surface area (Å²) in [5.41, 5.74) is 7.90. The highest BCUT2D eigenvalue weighted by Gasteiger charge is 2.13. The number of furan rings is 1. The molecular weight excluding hydrogens is 337 g/mol. The number of hydrogen-bond donors (Lipinski definition) is 1. The van der Waals surface area contributed by atoms with Gasteiger partial charge in [-0.25, -0.2) is 9.97 Å². The monoisotopic (exact) mass is 345 g/mol. The van der Waals surface area contributed by atoms with Crippen LogP contribution in [-0.2, 0) is 0 Å². The molecule has 0 unspecified atom stereocenters. The van der Waals surface area contributed by atoms with Gasteiger partial charge < -0.3 is 10.2 Å². The van der Waals surface area contributed by atoms with Gasteiger partial charge >= 0.3 is 0 Å². The lowest BCUT2D eigenvalue weighted by Gasteiger charge is -2.05. The summed E-state index contributed by atoms with van der Waals surface area (Å²) in [5, 5.41) is 5.33. The standard InChI is InChI=1S/C15H9Cl2N5O/c16-9-4-8(5-10(17)6-9)11-7-13-20-14(12-2-1-3-23-12)21-22(13)15(18)19-11/h1-7H,(H2,18,19). The molecule has 0 atom stereocenters. The van der Waals surface area contributed by atoms with Crippen LogP contribution >= 0.6 is 23.2 Å². The average molecular weight is 346 g/mol. The van der Waals surface area contributed by atoms with Crippen LogP contribution in [0.3, 0.4) is 0 Å². The van der Waals surface area contributed by atoms with Crippen molar-refractivity contribution in [1.29, 1.82) is 0 Å². The van der Waals surface area contributed by atoms with Gasteiger partial charge in [0, 0.05) is 21.7 Å². The van der Waals surface area contributed by atoms with Crippen molar-refractivity contribution in [3.63, 3.8) is 0 Å². The van der Waals surface area contributed by atoms with Crippen molar-refractivity contribution in [2.45, 2.75) is 0 Å². The highest BCUT2D eigenvalue weighted by Crippen LogP contribution is 2.28. The Hall–Kier alpha value is -2.57. The van der Waals surface area contributed by atoms with Gasteiger partial charge in [0.1, 0.15) is 0 Å². The van der Waals surface area contributed by atoms with E-state index in [-0.39, 0.29) is 5.95 Å². The van der Waals surface area contributed by atoms with Crippen LogP contribution in [0, 0.1) is 0 Å². The molecule has 114 valence electrons. The van der Waals surface area contributed by atoms with E-state index in [0.717, 1.165) is 5.56 Å². The van der Waals surface area contributed by atoms with Crippen molar-refractivity contribution in [3.8, 4) is 22.8 Å². The first-order valence-corrected chi connectivity index (χ1v) is 7.39. The van der Waals surface area contributed by atoms with E-state index in [1.54, 1.807) is 42.7 Å². The fourth-order valence-electron chi connectivity index (χ4n) is 2.27. The molecule has 0 bridgehead atoms. The third-order valence-electron chi connectivity index (χ3n) is 3.25. The summed E-state index contributed by atoms with van der Waals surface area (Å²) in [6.45, 7) is 0. The second-order valence-electron chi connectivity index (χ2n) is 4.84. The van der Waals surface area contributed by atoms with Crippen LogP contribution in [0.5, 0.6) is 0 Å². The largest absolute Gasteiger partial charge is 0.461 e. The fourth-order valence-corrected chi connectivity index (χ4v) is 2.80. The zero-order valence-electron chi connectivity index (χ0n) is 11.6. The van der Waals surface area contributed by atoms with Crippen molar-refractivity contribution in [3.05, 3.63) is 52.7 Å². The molecule has 1 aromatic carbocycles. The van der Waals surface area contributed by atoms with Gasteiger partial charge in [0.25, 0.3) is 0 Å². The predicted octanol–water partition coefficient (Wildman–Crippen LogP) is 3.94. The number of nitrogen functional groups attached to an aromatic ring is 1. The quantitative estimate of drug-likeness (QED) is 0.594. The summed E-state index contributed by atoms with van der Waals surface area (Å²) in [6.07, 6.45) is 1.56. The first-order chi connectivity index (χ1) is 11.1. The van der Waals surface area contributed by atoms with Gasteiger partial charge in [-0.2, -0.15) is 4.52 Å². The number of rotatable bonds is 2. The molecule has 4 aromatic rings. The Bertz CT molecular complexity index is 990. The molecule has 6 nitrogen and oxygen atoms in total. The zero-order chi connectivity index (χ0) is 16.0. The number of nitrogens with zero attached hydrogens (tertiary/aromatic N) is 4. The number of fused-ring (bicyclic) bond motifs is 1. The minimum absolute atomic E-state index is 0.207. The summed E-state index contributed by atoms with van der Waals surface area (Å²) in [7, 11) is 0. The number of benzene rings is 1. The molecule has 0 aliphatic carbocycles. The number of nitrogens with two attached hydrogens (primary N) is 1. The van der Waals surface area contributed by atoms with Crippen LogP contribution in [0.25, 0.3) is 28.5 Å². The third-order valence-corrected chi connectivity index (χ3v) is 3.69. The van der Waals surface area contributed by atoms with Crippen molar-refractivity contribution in [2.75, 3.05) is 5.73 Å². The molecule has 0 radical (unpaired) electrons. The average Bonchev–Trinajstić information content (AvgIpc) is 3.15. The first-order valence-electron chi connectivity index (χ1n) is 6.64. The number of halogens is 2. The van der Waals surface area contributed by atoms with Gasteiger partial charge in [-0.3, -0.25) is 0 Å². The molecule has 3 heterocycles. The highest BCUT2D eigenvalue weighted by molar-refractivity contribution is 6.35.